The first-order chi connectivity index (χ1) is 15.7. The maximum atomic E-state index is 6.13. The van der Waals surface area contributed by atoms with E-state index in [1.807, 2.05) is 13.0 Å². The van der Waals surface area contributed by atoms with Gasteiger partial charge in [0.25, 0.3) is 0 Å². The van der Waals surface area contributed by atoms with E-state index < -0.39 is 0 Å². The lowest BCUT2D eigenvalue weighted by atomic mass is 9.89. The van der Waals surface area contributed by atoms with Crippen molar-refractivity contribution in [3.8, 4) is 5.75 Å². The second kappa shape index (κ2) is 15.1. The van der Waals surface area contributed by atoms with Gasteiger partial charge in [0.05, 0.1) is 12.7 Å². The molecule has 1 heterocycles. The van der Waals surface area contributed by atoms with Crippen LogP contribution in [0, 0.1) is 12.8 Å². The number of hydrogen-bond acceptors (Lipinski definition) is 4. The maximum absolute atomic E-state index is 6.13. The molecule has 0 radical (unpaired) electrons. The quantitative estimate of drug-likeness (QED) is 0.186. The smallest absolute Gasteiger partial charge is 0.191 e. The molecule has 1 aliphatic heterocycles. The largest absolute Gasteiger partial charge is 0.491 e. The van der Waals surface area contributed by atoms with Gasteiger partial charge >= 0.3 is 0 Å². The zero-order valence-corrected chi connectivity index (χ0v) is 22.3. The van der Waals surface area contributed by atoms with Gasteiger partial charge in [0.15, 0.2) is 5.96 Å². The van der Waals surface area contributed by atoms with Gasteiger partial charge in [-0.25, -0.2) is 0 Å². The highest BCUT2D eigenvalue weighted by Crippen LogP contribution is 2.33. The van der Waals surface area contributed by atoms with Crippen LogP contribution in [0.15, 0.2) is 53.5 Å². The van der Waals surface area contributed by atoms with Crippen LogP contribution in [0.25, 0.3) is 0 Å². The average molecular weight is 568 g/mol. The summed E-state index contributed by atoms with van der Waals surface area (Å²) in [7, 11) is 1.80. The summed E-state index contributed by atoms with van der Waals surface area (Å²) in [6.45, 7) is 8.16. The molecule has 0 aromatic heterocycles. The van der Waals surface area contributed by atoms with Gasteiger partial charge in [0.1, 0.15) is 12.4 Å². The third-order valence-electron chi connectivity index (χ3n) is 5.69. The van der Waals surface area contributed by atoms with E-state index in [2.05, 4.69) is 65.0 Å². The number of nitrogens with zero attached hydrogens (tertiary/aromatic N) is 1. The van der Waals surface area contributed by atoms with E-state index in [-0.39, 0.29) is 30.1 Å². The maximum Gasteiger partial charge on any atom is 0.191 e. The van der Waals surface area contributed by atoms with Crippen molar-refractivity contribution in [1.82, 2.24) is 10.6 Å². The van der Waals surface area contributed by atoms with Crippen LogP contribution in [0.2, 0.25) is 0 Å². The number of guanidine groups is 1. The summed E-state index contributed by atoms with van der Waals surface area (Å²) < 4.78 is 17.5. The Morgan fingerprint density at radius 3 is 2.70 bits per heavy atom. The fourth-order valence-electron chi connectivity index (χ4n) is 3.99. The standard InChI is InChI=1S/C26H37N3O3.HI/c1-4-30-15-16-31-24-17-20(2)12-13-22(24)18-28-26(27-3)29-19-23-11-8-14-32-25(23)21-9-6-5-7-10-21;/h5-7,9-10,12-13,17,23,25H,4,8,11,14-16,18-19H2,1-3H3,(H2,27,28,29);1H. The number of rotatable bonds is 10. The van der Waals surface area contributed by atoms with Gasteiger partial charge in [0.2, 0.25) is 0 Å². The van der Waals surface area contributed by atoms with Crippen LogP contribution in [-0.2, 0) is 16.0 Å². The molecule has 0 saturated carbocycles. The number of hydrogen-bond donors (Lipinski definition) is 2. The summed E-state index contributed by atoms with van der Waals surface area (Å²) in [6, 6.07) is 16.8. The minimum absolute atomic E-state index is 0. The second-order valence-electron chi connectivity index (χ2n) is 8.07. The molecule has 6 nitrogen and oxygen atoms in total. The van der Waals surface area contributed by atoms with Gasteiger partial charge < -0.3 is 24.8 Å². The molecular weight excluding hydrogens is 529 g/mol. The van der Waals surface area contributed by atoms with Crippen LogP contribution in [0.3, 0.4) is 0 Å². The number of halogens is 1. The van der Waals surface area contributed by atoms with Gasteiger partial charge in [-0.1, -0.05) is 42.5 Å². The Morgan fingerprint density at radius 1 is 1.12 bits per heavy atom. The molecule has 1 aliphatic rings. The number of aliphatic imine (C=N–C) groups is 1. The minimum Gasteiger partial charge on any atom is -0.491 e. The van der Waals surface area contributed by atoms with E-state index in [1.165, 1.54) is 11.1 Å². The molecule has 2 unspecified atom stereocenters. The van der Waals surface area contributed by atoms with Crippen LogP contribution in [0.4, 0.5) is 0 Å². The van der Waals surface area contributed by atoms with Gasteiger partial charge in [-0.15, -0.1) is 24.0 Å². The van der Waals surface area contributed by atoms with Crippen molar-refractivity contribution in [2.75, 3.05) is 40.0 Å². The van der Waals surface area contributed by atoms with Crippen molar-refractivity contribution >= 4 is 29.9 Å². The molecule has 0 aliphatic carbocycles. The van der Waals surface area contributed by atoms with Gasteiger partial charge in [-0.05, 0) is 43.9 Å². The Labute approximate surface area is 215 Å². The van der Waals surface area contributed by atoms with E-state index >= 15 is 0 Å². The molecule has 2 N–H and O–H groups in total. The van der Waals surface area contributed by atoms with Crippen molar-refractivity contribution in [3.05, 3.63) is 65.2 Å². The Morgan fingerprint density at radius 2 is 1.94 bits per heavy atom. The zero-order chi connectivity index (χ0) is 22.6. The number of benzene rings is 2. The first kappa shape index (κ1) is 27.4. The third kappa shape index (κ3) is 8.79. The molecule has 33 heavy (non-hydrogen) atoms. The monoisotopic (exact) mass is 567 g/mol. The molecule has 182 valence electrons. The van der Waals surface area contributed by atoms with Crippen LogP contribution in [-0.4, -0.2) is 46.0 Å². The highest BCUT2D eigenvalue weighted by molar-refractivity contribution is 14.0. The number of aryl methyl sites for hydroxylation is 1. The molecule has 3 rings (SSSR count). The van der Waals surface area contributed by atoms with Gasteiger partial charge in [-0.2, -0.15) is 0 Å². The van der Waals surface area contributed by atoms with Gasteiger partial charge in [0, 0.05) is 44.8 Å². The molecule has 1 saturated heterocycles. The Bertz CT molecular complexity index is 848. The normalized spacial score (nSPS) is 18.3. The molecule has 2 aromatic rings. The lowest BCUT2D eigenvalue weighted by Crippen LogP contribution is -2.41. The SMILES string of the molecule is CCOCCOc1cc(C)ccc1CNC(=NC)NCC1CCCOC1c1ccccc1.I. The van der Waals surface area contributed by atoms with E-state index in [9.17, 15) is 0 Å². The van der Waals surface area contributed by atoms with Crippen molar-refractivity contribution in [2.45, 2.75) is 39.3 Å². The topological polar surface area (TPSA) is 64.1 Å². The van der Waals surface area contributed by atoms with Crippen molar-refractivity contribution in [3.63, 3.8) is 0 Å². The Balaban J connectivity index is 0.00000385. The number of ether oxygens (including phenoxy) is 3. The lowest BCUT2D eigenvalue weighted by Gasteiger charge is -2.32. The Kier molecular flexibility index (Phi) is 12.6. The molecule has 1 fully saturated rings. The first-order valence-electron chi connectivity index (χ1n) is 11.6. The zero-order valence-electron chi connectivity index (χ0n) is 20.0. The molecule has 0 spiro atoms. The van der Waals surface area contributed by atoms with Crippen LogP contribution >= 0.6 is 24.0 Å². The molecule has 0 amide bonds. The molecule has 0 bridgehead atoms. The predicted molar refractivity (Wildman–Crippen MR) is 145 cm³/mol. The predicted octanol–water partition coefficient (Wildman–Crippen LogP) is 4.86. The molecular formula is C26H38IN3O3. The lowest BCUT2D eigenvalue weighted by molar-refractivity contribution is -0.0265. The summed E-state index contributed by atoms with van der Waals surface area (Å²) in [4.78, 5) is 4.41. The molecule has 2 atom stereocenters. The highest BCUT2D eigenvalue weighted by atomic mass is 127. The van der Waals surface area contributed by atoms with Gasteiger partial charge in [-0.3, -0.25) is 4.99 Å². The first-order valence-corrected chi connectivity index (χ1v) is 11.6. The van der Waals surface area contributed by atoms with E-state index in [4.69, 9.17) is 14.2 Å². The van der Waals surface area contributed by atoms with Crippen LogP contribution in [0.1, 0.15) is 42.6 Å². The summed E-state index contributed by atoms with van der Waals surface area (Å²) in [6.07, 6.45) is 2.35. The fourth-order valence-corrected chi connectivity index (χ4v) is 3.99. The fraction of sp³-hybridized carbons (Fsp3) is 0.500. The van der Waals surface area contributed by atoms with E-state index in [0.29, 0.717) is 32.3 Å². The van der Waals surface area contributed by atoms with Crippen molar-refractivity contribution < 1.29 is 14.2 Å². The van der Waals surface area contributed by atoms with Crippen molar-refractivity contribution in [2.24, 2.45) is 10.9 Å². The summed E-state index contributed by atoms with van der Waals surface area (Å²) in [5.41, 5.74) is 3.51. The molecule has 2 aromatic carbocycles. The van der Waals surface area contributed by atoms with E-state index in [0.717, 1.165) is 43.3 Å². The molecule has 7 heteroatoms. The number of nitrogens with one attached hydrogen (secondary N) is 2. The second-order valence-corrected chi connectivity index (χ2v) is 8.07. The summed E-state index contributed by atoms with van der Waals surface area (Å²) in [5, 5.41) is 6.93. The van der Waals surface area contributed by atoms with E-state index in [1.54, 1.807) is 7.05 Å². The highest BCUT2D eigenvalue weighted by Gasteiger charge is 2.27. The third-order valence-corrected chi connectivity index (χ3v) is 5.69. The summed E-state index contributed by atoms with van der Waals surface area (Å²) >= 11 is 0. The van der Waals surface area contributed by atoms with Crippen LogP contribution < -0.4 is 15.4 Å². The van der Waals surface area contributed by atoms with Crippen LogP contribution in [0.5, 0.6) is 5.75 Å². The summed E-state index contributed by atoms with van der Waals surface area (Å²) in [5.74, 6) is 2.07. The average Bonchev–Trinajstić information content (AvgIpc) is 2.83. The Hall–Kier alpha value is -1.84. The minimum atomic E-state index is 0. The van der Waals surface area contributed by atoms with Crippen molar-refractivity contribution in [1.29, 1.82) is 0 Å².